The number of hydrogen-bond donors (Lipinski definition) is 0. The van der Waals surface area contributed by atoms with Crippen molar-refractivity contribution in [3.63, 3.8) is 0 Å². The summed E-state index contributed by atoms with van der Waals surface area (Å²) in [5.74, 6) is -0.0419. The minimum Gasteiger partial charge on any atom is -0.383 e. The van der Waals surface area contributed by atoms with E-state index < -0.39 is 0 Å². The van der Waals surface area contributed by atoms with E-state index in [1.807, 2.05) is 22.5 Å². The second-order valence-electron chi connectivity index (χ2n) is 5.12. The number of methoxy groups -OCH3 is 1. The molecule has 0 bridgehead atoms. The van der Waals surface area contributed by atoms with E-state index in [1.54, 1.807) is 29.2 Å². The summed E-state index contributed by atoms with van der Waals surface area (Å²) in [6, 6.07) is 3.80. The highest BCUT2D eigenvalue weighted by Gasteiger charge is 2.27. The predicted molar refractivity (Wildman–Crippen MR) is 83.0 cm³/mol. The minimum atomic E-state index is -0.0421. The first kappa shape index (κ1) is 15.2. The van der Waals surface area contributed by atoms with Gasteiger partial charge in [0.1, 0.15) is 11.8 Å². The summed E-state index contributed by atoms with van der Waals surface area (Å²) in [6.07, 6.45) is 1.77. The molecule has 118 valence electrons. The van der Waals surface area contributed by atoms with Crippen molar-refractivity contribution in [3.05, 3.63) is 40.3 Å². The number of amides is 1. The molecule has 22 heavy (non-hydrogen) atoms. The molecule has 1 amide bonds. The SMILES string of the molecule is COCCn1ccc(C(=O)N2CCOC(c3ccsc3)C2)n1. The molecule has 0 saturated carbocycles. The molecule has 1 fully saturated rings. The van der Waals surface area contributed by atoms with Gasteiger partial charge in [0.05, 0.1) is 26.3 Å². The van der Waals surface area contributed by atoms with Crippen molar-refractivity contribution < 1.29 is 14.3 Å². The van der Waals surface area contributed by atoms with Crippen molar-refractivity contribution in [2.45, 2.75) is 12.6 Å². The highest BCUT2D eigenvalue weighted by Crippen LogP contribution is 2.24. The molecular weight excluding hydrogens is 302 g/mol. The van der Waals surface area contributed by atoms with Crippen LogP contribution in [0.4, 0.5) is 0 Å². The lowest BCUT2D eigenvalue weighted by atomic mass is 10.1. The highest BCUT2D eigenvalue weighted by atomic mass is 32.1. The van der Waals surface area contributed by atoms with Gasteiger partial charge in [0.15, 0.2) is 0 Å². The first-order valence-electron chi connectivity index (χ1n) is 7.23. The normalized spacial score (nSPS) is 18.6. The number of morpholine rings is 1. The lowest BCUT2D eigenvalue weighted by Gasteiger charge is -2.32. The summed E-state index contributed by atoms with van der Waals surface area (Å²) < 4.78 is 12.5. The van der Waals surface area contributed by atoms with E-state index in [4.69, 9.17) is 9.47 Å². The zero-order valence-corrected chi connectivity index (χ0v) is 13.3. The molecule has 0 aromatic carbocycles. The number of aromatic nitrogens is 2. The molecule has 1 atom stereocenters. The Balaban J connectivity index is 1.65. The van der Waals surface area contributed by atoms with E-state index in [-0.39, 0.29) is 12.0 Å². The van der Waals surface area contributed by atoms with Crippen molar-refractivity contribution in [1.29, 1.82) is 0 Å². The number of carbonyl (C=O) groups excluding carboxylic acids is 1. The van der Waals surface area contributed by atoms with Crippen LogP contribution in [0.1, 0.15) is 22.2 Å². The Kier molecular flexibility index (Phi) is 4.87. The first-order valence-corrected chi connectivity index (χ1v) is 8.17. The number of carbonyl (C=O) groups is 1. The molecule has 1 aliphatic heterocycles. The van der Waals surface area contributed by atoms with Gasteiger partial charge in [-0.15, -0.1) is 0 Å². The van der Waals surface area contributed by atoms with Crippen molar-refractivity contribution >= 4 is 17.2 Å². The van der Waals surface area contributed by atoms with Crippen molar-refractivity contribution in [2.75, 3.05) is 33.4 Å². The maximum Gasteiger partial charge on any atom is 0.274 e. The average Bonchev–Trinajstić information content (AvgIpc) is 3.24. The zero-order chi connectivity index (χ0) is 15.4. The molecule has 1 aliphatic rings. The second-order valence-corrected chi connectivity index (χ2v) is 5.90. The standard InChI is InChI=1S/C15H19N3O3S/c1-20-7-6-18-4-2-13(16-18)15(19)17-5-8-21-14(10-17)12-3-9-22-11-12/h2-4,9,11,14H,5-8,10H2,1H3. The van der Waals surface area contributed by atoms with Crippen LogP contribution >= 0.6 is 11.3 Å². The van der Waals surface area contributed by atoms with Crippen LogP contribution in [0.15, 0.2) is 29.1 Å². The van der Waals surface area contributed by atoms with Gasteiger partial charge < -0.3 is 14.4 Å². The molecule has 0 N–H and O–H groups in total. The van der Waals surface area contributed by atoms with Gasteiger partial charge in [0.2, 0.25) is 0 Å². The summed E-state index contributed by atoms with van der Waals surface area (Å²) in [6.45, 7) is 2.94. The first-order chi connectivity index (χ1) is 10.8. The number of ether oxygens (including phenoxy) is 2. The van der Waals surface area contributed by atoms with Crippen LogP contribution in [0.2, 0.25) is 0 Å². The third-order valence-corrected chi connectivity index (χ3v) is 4.35. The van der Waals surface area contributed by atoms with Crippen LogP contribution in [-0.4, -0.2) is 54.0 Å². The van der Waals surface area contributed by atoms with Crippen LogP contribution in [0.5, 0.6) is 0 Å². The van der Waals surface area contributed by atoms with Crippen LogP contribution in [0.25, 0.3) is 0 Å². The molecule has 3 heterocycles. The van der Waals surface area contributed by atoms with Gasteiger partial charge in [-0.2, -0.15) is 16.4 Å². The van der Waals surface area contributed by atoms with Gasteiger partial charge in [-0.05, 0) is 28.5 Å². The molecule has 0 aliphatic carbocycles. The highest BCUT2D eigenvalue weighted by molar-refractivity contribution is 7.07. The van der Waals surface area contributed by atoms with E-state index in [9.17, 15) is 4.79 Å². The third kappa shape index (κ3) is 3.37. The Morgan fingerprint density at radius 3 is 3.23 bits per heavy atom. The molecule has 2 aromatic rings. The molecule has 1 unspecified atom stereocenters. The van der Waals surface area contributed by atoms with Gasteiger partial charge in [-0.25, -0.2) is 0 Å². The molecule has 0 radical (unpaired) electrons. The second kappa shape index (κ2) is 7.04. The smallest absolute Gasteiger partial charge is 0.274 e. The summed E-state index contributed by atoms with van der Waals surface area (Å²) in [5, 5.41) is 8.41. The van der Waals surface area contributed by atoms with Crippen LogP contribution < -0.4 is 0 Å². The Bertz CT molecular complexity index is 611. The van der Waals surface area contributed by atoms with E-state index in [0.29, 0.717) is 38.5 Å². The fourth-order valence-corrected chi connectivity index (χ4v) is 3.14. The van der Waals surface area contributed by atoms with Crippen molar-refractivity contribution in [1.82, 2.24) is 14.7 Å². The lowest BCUT2D eigenvalue weighted by molar-refractivity contribution is -0.0228. The molecule has 1 saturated heterocycles. The molecule has 6 nitrogen and oxygen atoms in total. The molecule has 0 spiro atoms. The average molecular weight is 321 g/mol. The van der Waals surface area contributed by atoms with Crippen LogP contribution in [-0.2, 0) is 16.0 Å². The number of hydrogen-bond acceptors (Lipinski definition) is 5. The number of nitrogens with zero attached hydrogens (tertiary/aromatic N) is 3. The van der Waals surface area contributed by atoms with Gasteiger partial charge >= 0.3 is 0 Å². The summed E-state index contributed by atoms with van der Waals surface area (Å²) in [4.78, 5) is 14.4. The fraction of sp³-hybridized carbons (Fsp3) is 0.467. The maximum atomic E-state index is 12.6. The third-order valence-electron chi connectivity index (χ3n) is 3.65. The molecule has 3 rings (SSSR count). The maximum absolute atomic E-state index is 12.6. The summed E-state index contributed by atoms with van der Waals surface area (Å²) in [5.41, 5.74) is 1.61. The van der Waals surface area contributed by atoms with Crippen LogP contribution in [0.3, 0.4) is 0 Å². The summed E-state index contributed by atoms with van der Waals surface area (Å²) >= 11 is 1.64. The lowest BCUT2D eigenvalue weighted by Crippen LogP contribution is -2.42. The Hall–Kier alpha value is -1.70. The number of thiophene rings is 1. The van der Waals surface area contributed by atoms with E-state index >= 15 is 0 Å². The Morgan fingerprint density at radius 2 is 2.45 bits per heavy atom. The largest absolute Gasteiger partial charge is 0.383 e. The topological polar surface area (TPSA) is 56.6 Å². The van der Waals surface area contributed by atoms with Crippen molar-refractivity contribution in [2.24, 2.45) is 0 Å². The van der Waals surface area contributed by atoms with Crippen LogP contribution in [0, 0.1) is 0 Å². The fourth-order valence-electron chi connectivity index (χ4n) is 2.44. The Labute approximate surface area is 133 Å². The quantitative estimate of drug-likeness (QED) is 0.843. The van der Waals surface area contributed by atoms with Gasteiger partial charge in [-0.3, -0.25) is 9.48 Å². The predicted octanol–water partition coefficient (Wildman–Crippen LogP) is 1.80. The van der Waals surface area contributed by atoms with Gasteiger partial charge in [0, 0.05) is 19.9 Å². The molecule has 2 aromatic heterocycles. The van der Waals surface area contributed by atoms with E-state index in [1.165, 1.54) is 0 Å². The summed E-state index contributed by atoms with van der Waals surface area (Å²) in [7, 11) is 1.65. The van der Waals surface area contributed by atoms with E-state index in [2.05, 4.69) is 10.5 Å². The molecule has 7 heteroatoms. The number of rotatable bonds is 5. The monoisotopic (exact) mass is 321 g/mol. The minimum absolute atomic E-state index is 0.0419. The van der Waals surface area contributed by atoms with Crippen molar-refractivity contribution in [3.8, 4) is 0 Å². The van der Waals surface area contributed by atoms with Gasteiger partial charge in [0.25, 0.3) is 5.91 Å². The van der Waals surface area contributed by atoms with Gasteiger partial charge in [-0.1, -0.05) is 0 Å². The molecular formula is C15H19N3O3S. The Morgan fingerprint density at radius 1 is 1.55 bits per heavy atom. The zero-order valence-electron chi connectivity index (χ0n) is 12.5. The van der Waals surface area contributed by atoms with E-state index in [0.717, 1.165) is 5.56 Å².